The van der Waals surface area contributed by atoms with Crippen molar-refractivity contribution >= 4 is 36.9 Å². The number of aromatic nitrogens is 4. The number of rotatable bonds is 16. The maximum absolute atomic E-state index is 12.1. The van der Waals surface area contributed by atoms with E-state index < -0.39 is 25.5 Å². The number of carbonyl (C=O) groups excluding carboxylic acids is 2. The van der Waals surface area contributed by atoms with Crippen molar-refractivity contribution in [1.29, 1.82) is 0 Å². The molecule has 5 N–H and O–H groups in total. The Balaban J connectivity index is 0.000000520. The minimum Gasteiger partial charge on any atom is -0.464 e. The summed E-state index contributed by atoms with van der Waals surface area (Å²) in [5, 5.41) is 2.71. The van der Waals surface area contributed by atoms with Crippen LogP contribution in [0, 0.1) is 5.92 Å². The van der Waals surface area contributed by atoms with E-state index in [-0.39, 0.29) is 24.3 Å². The van der Waals surface area contributed by atoms with Gasteiger partial charge in [-0.25, -0.2) is 15.0 Å². The Hall–Kier alpha value is -2.73. The molecule has 2 aromatic rings. The lowest BCUT2D eigenvalue weighted by Gasteiger charge is -2.16. The number of fused-ring (bicyclic) bond motifs is 1. The Kier molecular flexibility index (Phi) is 15.8. The summed E-state index contributed by atoms with van der Waals surface area (Å²) in [5.41, 5.74) is 11.6. The van der Waals surface area contributed by atoms with Crippen LogP contribution in [-0.4, -0.2) is 68.7 Å². The molecule has 0 aliphatic rings. The molecule has 2 rings (SSSR count). The molecule has 0 fully saturated rings. The van der Waals surface area contributed by atoms with Crippen molar-refractivity contribution in [2.45, 2.75) is 98.4 Å². The standard InChI is InChI=1S/C16H26N6O4P.C10H21NO2/c1-10(2)6-25-16(23)12(4)21-27(24)9-26-11(3)5-22-8-20-13-14(17)18-7-19-15(13)22;1-4-5-6-7-8-13-9(12)10(2,3)11/h7-8,10-12H,5-6,9H2,1-4H3,(H,21,24)(H2,17,18,19);4-8,11H2,1-3H3/q+1;. The first kappa shape index (κ1) is 35.3. The average Bonchev–Trinajstić information content (AvgIpc) is 3.29. The van der Waals surface area contributed by atoms with Crippen molar-refractivity contribution in [3.05, 3.63) is 12.7 Å². The molecular weight excluding hydrogens is 537 g/mol. The molecule has 40 heavy (non-hydrogen) atoms. The SMILES string of the molecule is CC(C)COC(=O)C(C)N[P+](=O)COC(C)Cn1cnc2c(N)ncnc21.CCCCCCOC(=O)C(C)(C)N. The van der Waals surface area contributed by atoms with Gasteiger partial charge in [0.05, 0.1) is 32.2 Å². The molecule has 226 valence electrons. The van der Waals surface area contributed by atoms with E-state index in [9.17, 15) is 14.2 Å². The second kappa shape index (κ2) is 17.9. The zero-order valence-electron chi connectivity index (χ0n) is 24.9. The highest BCUT2D eigenvalue weighted by Gasteiger charge is 2.27. The first-order valence-corrected chi connectivity index (χ1v) is 15.1. The van der Waals surface area contributed by atoms with E-state index in [4.69, 9.17) is 25.7 Å². The predicted octanol–water partition coefficient (Wildman–Crippen LogP) is 3.54. The molecule has 2 heterocycles. The minimum atomic E-state index is -1.91. The normalized spacial score (nSPS) is 13.4. The number of anilines is 1. The molecule has 0 saturated heterocycles. The topological polar surface area (TPSA) is 187 Å². The van der Waals surface area contributed by atoms with Gasteiger partial charge in [-0.1, -0.05) is 45.1 Å². The number of nitrogens with one attached hydrogen (secondary N) is 1. The van der Waals surface area contributed by atoms with Gasteiger partial charge < -0.3 is 30.2 Å². The highest BCUT2D eigenvalue weighted by Crippen LogP contribution is 2.19. The number of hydrogen-bond donors (Lipinski definition) is 3. The molecule has 2 aromatic heterocycles. The second-order valence-corrected chi connectivity index (χ2v) is 11.9. The molecule has 0 aromatic carbocycles. The third kappa shape index (κ3) is 13.6. The van der Waals surface area contributed by atoms with Crippen LogP contribution >= 0.6 is 7.95 Å². The zero-order valence-corrected chi connectivity index (χ0v) is 25.8. The lowest BCUT2D eigenvalue weighted by Crippen LogP contribution is -2.42. The second-order valence-electron chi connectivity index (χ2n) is 10.6. The molecule has 0 radical (unpaired) electrons. The molecule has 13 nitrogen and oxygen atoms in total. The van der Waals surface area contributed by atoms with Gasteiger partial charge in [-0.05, 0) is 44.6 Å². The summed E-state index contributed by atoms with van der Waals surface area (Å²) in [5.74, 6) is -0.178. The number of nitrogen functional groups attached to an aromatic ring is 1. The van der Waals surface area contributed by atoms with Crippen LogP contribution in [0.5, 0.6) is 0 Å². The molecule has 14 heteroatoms. The third-order valence-corrected chi connectivity index (χ3v) is 6.43. The summed E-state index contributed by atoms with van der Waals surface area (Å²) in [7, 11) is -1.91. The fraction of sp³-hybridized carbons (Fsp3) is 0.731. The Morgan fingerprint density at radius 1 is 1.10 bits per heavy atom. The number of imidazole rings is 1. The van der Waals surface area contributed by atoms with Crippen LogP contribution in [0.4, 0.5) is 5.82 Å². The molecule has 0 aliphatic heterocycles. The summed E-state index contributed by atoms with van der Waals surface area (Å²) in [4.78, 5) is 35.2. The van der Waals surface area contributed by atoms with Gasteiger partial charge in [-0.15, -0.1) is 0 Å². The first-order valence-electron chi connectivity index (χ1n) is 13.6. The highest BCUT2D eigenvalue weighted by molar-refractivity contribution is 7.42. The molecule has 0 amide bonds. The Morgan fingerprint density at radius 2 is 1.80 bits per heavy atom. The van der Waals surface area contributed by atoms with Gasteiger partial charge in [0.15, 0.2) is 11.5 Å². The van der Waals surface area contributed by atoms with Crippen LogP contribution in [0.15, 0.2) is 12.7 Å². The van der Waals surface area contributed by atoms with E-state index in [1.165, 1.54) is 19.2 Å². The highest BCUT2D eigenvalue weighted by atomic mass is 31.1. The van der Waals surface area contributed by atoms with E-state index in [1.807, 2.05) is 20.8 Å². The molecule has 0 bridgehead atoms. The van der Waals surface area contributed by atoms with Crippen LogP contribution in [-0.2, 0) is 34.9 Å². The Morgan fingerprint density at radius 3 is 2.42 bits per heavy atom. The average molecular weight is 585 g/mol. The number of nitrogens with zero attached hydrogens (tertiary/aromatic N) is 4. The Labute approximate surface area is 238 Å². The van der Waals surface area contributed by atoms with E-state index >= 15 is 0 Å². The van der Waals surface area contributed by atoms with Crippen LogP contribution in [0.3, 0.4) is 0 Å². The summed E-state index contributed by atoms with van der Waals surface area (Å²) < 4.78 is 29.6. The molecule has 0 aliphatic carbocycles. The van der Waals surface area contributed by atoms with Gasteiger partial charge in [-0.2, -0.15) is 0 Å². The van der Waals surface area contributed by atoms with Gasteiger partial charge in [0.25, 0.3) is 6.35 Å². The monoisotopic (exact) mass is 584 g/mol. The summed E-state index contributed by atoms with van der Waals surface area (Å²) in [6, 6.07) is -0.663. The fourth-order valence-corrected chi connectivity index (χ4v) is 4.12. The number of nitrogens with two attached hydrogens (primary N) is 2. The lowest BCUT2D eigenvalue weighted by molar-refractivity contribution is -0.149. The van der Waals surface area contributed by atoms with Gasteiger partial charge in [0.2, 0.25) is 0 Å². The van der Waals surface area contributed by atoms with Crippen molar-refractivity contribution < 1.29 is 28.4 Å². The number of ether oxygens (including phenoxy) is 3. The van der Waals surface area contributed by atoms with E-state index in [2.05, 4.69) is 27.0 Å². The van der Waals surface area contributed by atoms with E-state index in [0.717, 1.165) is 12.8 Å². The number of hydrogen-bond acceptors (Lipinski definition) is 11. The smallest absolute Gasteiger partial charge is 0.461 e. The van der Waals surface area contributed by atoms with E-state index in [0.29, 0.717) is 36.7 Å². The minimum absolute atomic E-state index is 0.0257. The van der Waals surface area contributed by atoms with Crippen LogP contribution in [0.1, 0.15) is 74.1 Å². The molecule has 3 unspecified atom stereocenters. The van der Waals surface area contributed by atoms with E-state index in [1.54, 1.807) is 31.7 Å². The van der Waals surface area contributed by atoms with Gasteiger partial charge in [0, 0.05) is 0 Å². The zero-order chi connectivity index (χ0) is 30.3. The molecular formula is C26H47N7O6P+. The van der Waals surface area contributed by atoms with Crippen LogP contribution in [0.25, 0.3) is 11.2 Å². The summed E-state index contributed by atoms with van der Waals surface area (Å²) in [6.45, 7) is 14.1. The summed E-state index contributed by atoms with van der Waals surface area (Å²) in [6.07, 6.45) is 7.16. The van der Waals surface area contributed by atoms with Crippen molar-refractivity contribution in [2.75, 3.05) is 25.3 Å². The van der Waals surface area contributed by atoms with Gasteiger partial charge in [0.1, 0.15) is 23.4 Å². The third-order valence-electron chi connectivity index (χ3n) is 5.37. The first-order chi connectivity index (χ1) is 18.8. The lowest BCUT2D eigenvalue weighted by atomic mass is 10.1. The fourth-order valence-electron chi connectivity index (χ4n) is 3.12. The molecule has 3 atom stereocenters. The maximum atomic E-state index is 12.1. The predicted molar refractivity (Wildman–Crippen MR) is 155 cm³/mol. The number of carbonyl (C=O) groups is 2. The largest absolute Gasteiger partial charge is 0.464 e. The summed E-state index contributed by atoms with van der Waals surface area (Å²) >= 11 is 0. The van der Waals surface area contributed by atoms with Crippen LogP contribution < -0.4 is 16.6 Å². The van der Waals surface area contributed by atoms with Crippen molar-refractivity contribution in [3.63, 3.8) is 0 Å². The van der Waals surface area contributed by atoms with Crippen LogP contribution in [0.2, 0.25) is 0 Å². The number of unbranched alkanes of at least 4 members (excludes halogenated alkanes) is 3. The molecule has 0 saturated carbocycles. The van der Waals surface area contributed by atoms with Gasteiger partial charge in [-0.3, -0.25) is 9.59 Å². The van der Waals surface area contributed by atoms with Crippen molar-refractivity contribution in [2.24, 2.45) is 11.7 Å². The maximum Gasteiger partial charge on any atom is 0.461 e. The molecule has 0 spiro atoms. The van der Waals surface area contributed by atoms with Crippen molar-refractivity contribution in [1.82, 2.24) is 24.6 Å². The van der Waals surface area contributed by atoms with Gasteiger partial charge >= 0.3 is 19.9 Å². The quantitative estimate of drug-likeness (QED) is 0.148. The Bertz CT molecular complexity index is 1070. The number of esters is 2. The van der Waals surface area contributed by atoms with Crippen molar-refractivity contribution in [3.8, 4) is 0 Å².